The minimum absolute atomic E-state index is 0.0663. The van der Waals surface area contributed by atoms with Crippen LogP contribution in [0.5, 0.6) is 0 Å². The van der Waals surface area contributed by atoms with Crippen molar-refractivity contribution in [1.82, 2.24) is 14.5 Å². The average molecular weight is 362 g/mol. The lowest BCUT2D eigenvalue weighted by atomic mass is 10.1. The molecular formula is C20H22N6O. The van der Waals surface area contributed by atoms with Crippen molar-refractivity contribution in [3.05, 3.63) is 57.5 Å². The van der Waals surface area contributed by atoms with Crippen LogP contribution in [0, 0.1) is 18.3 Å². The fourth-order valence-electron chi connectivity index (χ4n) is 3.77. The number of aryl methyl sites for hydroxylation is 1. The second kappa shape index (κ2) is 6.89. The Labute approximate surface area is 157 Å². The van der Waals surface area contributed by atoms with E-state index < -0.39 is 0 Å². The van der Waals surface area contributed by atoms with E-state index in [0.29, 0.717) is 35.6 Å². The van der Waals surface area contributed by atoms with Gasteiger partial charge in [-0.05, 0) is 37.0 Å². The van der Waals surface area contributed by atoms with Crippen LogP contribution in [0.4, 0.5) is 5.95 Å². The zero-order valence-electron chi connectivity index (χ0n) is 15.3. The molecule has 1 aromatic carbocycles. The molecule has 1 aliphatic rings. The van der Waals surface area contributed by atoms with Crippen molar-refractivity contribution in [3.63, 3.8) is 0 Å². The molecular weight excluding hydrogens is 340 g/mol. The van der Waals surface area contributed by atoms with E-state index in [-0.39, 0.29) is 11.6 Å². The fourth-order valence-corrected chi connectivity index (χ4v) is 3.77. The van der Waals surface area contributed by atoms with E-state index in [2.05, 4.69) is 16.0 Å². The Morgan fingerprint density at radius 1 is 1.41 bits per heavy atom. The average Bonchev–Trinajstić information content (AvgIpc) is 3.05. The second-order valence-electron chi connectivity index (χ2n) is 7.12. The molecule has 2 aromatic heterocycles. The van der Waals surface area contributed by atoms with Crippen LogP contribution in [0.2, 0.25) is 0 Å². The number of aromatic nitrogens is 3. The monoisotopic (exact) mass is 362 g/mol. The number of hydrogen-bond acceptors (Lipinski definition) is 5. The lowest BCUT2D eigenvalue weighted by molar-refractivity contribution is 0.491. The first-order chi connectivity index (χ1) is 13.1. The molecule has 3 N–H and O–H groups in total. The Hall–Kier alpha value is -3.11. The molecule has 27 heavy (non-hydrogen) atoms. The molecule has 4 rings (SSSR count). The van der Waals surface area contributed by atoms with Gasteiger partial charge in [0.25, 0.3) is 5.56 Å². The van der Waals surface area contributed by atoms with Gasteiger partial charge in [-0.2, -0.15) is 10.2 Å². The number of nitrogens with one attached hydrogen (secondary N) is 1. The predicted octanol–water partition coefficient (Wildman–Crippen LogP) is 1.88. The summed E-state index contributed by atoms with van der Waals surface area (Å²) < 4.78 is 1.68. The van der Waals surface area contributed by atoms with Crippen LogP contribution < -0.4 is 16.2 Å². The van der Waals surface area contributed by atoms with Crippen molar-refractivity contribution in [1.29, 1.82) is 5.26 Å². The molecule has 0 unspecified atom stereocenters. The van der Waals surface area contributed by atoms with E-state index >= 15 is 0 Å². The molecule has 0 aliphatic carbocycles. The Morgan fingerprint density at radius 2 is 2.22 bits per heavy atom. The second-order valence-corrected chi connectivity index (χ2v) is 7.12. The summed E-state index contributed by atoms with van der Waals surface area (Å²) in [5.41, 5.74) is 8.89. The molecule has 0 radical (unpaired) electrons. The van der Waals surface area contributed by atoms with Gasteiger partial charge in [-0.3, -0.25) is 9.36 Å². The van der Waals surface area contributed by atoms with Crippen LogP contribution in [-0.4, -0.2) is 33.7 Å². The molecule has 0 amide bonds. The van der Waals surface area contributed by atoms with Crippen LogP contribution >= 0.6 is 0 Å². The molecule has 3 heterocycles. The topological polar surface area (TPSA) is 104 Å². The summed E-state index contributed by atoms with van der Waals surface area (Å²) in [5, 5.41) is 10.0. The normalized spacial score (nSPS) is 17.2. The third-order valence-corrected chi connectivity index (χ3v) is 5.18. The molecule has 1 aliphatic heterocycles. The zero-order valence-corrected chi connectivity index (χ0v) is 15.3. The van der Waals surface area contributed by atoms with Gasteiger partial charge in [-0.1, -0.05) is 18.2 Å². The highest BCUT2D eigenvalue weighted by Gasteiger charge is 2.23. The number of anilines is 1. The number of benzene rings is 1. The Bertz CT molecular complexity index is 1090. The number of rotatable bonds is 3. The van der Waals surface area contributed by atoms with Crippen molar-refractivity contribution in [2.24, 2.45) is 5.73 Å². The molecule has 1 atom stereocenters. The van der Waals surface area contributed by atoms with Gasteiger partial charge in [0.2, 0.25) is 5.95 Å². The summed E-state index contributed by atoms with van der Waals surface area (Å²) in [4.78, 5) is 23.3. The number of piperidine rings is 1. The molecule has 1 fully saturated rings. The van der Waals surface area contributed by atoms with Gasteiger partial charge < -0.3 is 15.6 Å². The summed E-state index contributed by atoms with van der Waals surface area (Å²) in [7, 11) is 0. The van der Waals surface area contributed by atoms with Crippen LogP contribution in [-0.2, 0) is 6.54 Å². The predicted molar refractivity (Wildman–Crippen MR) is 105 cm³/mol. The van der Waals surface area contributed by atoms with E-state index in [1.165, 1.54) is 0 Å². The smallest absolute Gasteiger partial charge is 0.264 e. The van der Waals surface area contributed by atoms with E-state index in [1.807, 2.05) is 25.1 Å². The molecule has 138 valence electrons. The summed E-state index contributed by atoms with van der Waals surface area (Å²) in [6.45, 7) is 3.67. The van der Waals surface area contributed by atoms with Crippen LogP contribution in [0.15, 0.2) is 35.3 Å². The van der Waals surface area contributed by atoms with Crippen LogP contribution in [0.25, 0.3) is 11.0 Å². The summed E-state index contributed by atoms with van der Waals surface area (Å²) in [5.74, 6) is 0.609. The standard InChI is InChI=1S/C20H22N6O/c1-13-10-23-18-17(13)19(27)26(11-15-6-3-2-5-14(15)9-21)20(24-18)25-8-4-7-16(22)12-25/h2-3,5-6,10,16,23H,4,7-8,11-12,22H2,1H3/t16-/m1/s1. The quantitative estimate of drug-likeness (QED) is 0.740. The van der Waals surface area contributed by atoms with Crippen molar-refractivity contribution in [2.45, 2.75) is 32.4 Å². The lowest BCUT2D eigenvalue weighted by Crippen LogP contribution is -2.45. The molecule has 3 aromatic rings. The highest BCUT2D eigenvalue weighted by Crippen LogP contribution is 2.22. The first-order valence-electron chi connectivity index (χ1n) is 9.15. The maximum absolute atomic E-state index is 13.3. The molecule has 0 spiro atoms. The largest absolute Gasteiger partial charge is 0.346 e. The molecule has 1 saturated heterocycles. The Balaban J connectivity index is 1.89. The number of hydrogen-bond donors (Lipinski definition) is 2. The number of nitrogens with two attached hydrogens (primary N) is 1. The Morgan fingerprint density at radius 3 is 3.00 bits per heavy atom. The highest BCUT2D eigenvalue weighted by molar-refractivity contribution is 5.79. The maximum atomic E-state index is 13.3. The summed E-state index contributed by atoms with van der Waals surface area (Å²) in [6, 6.07) is 9.63. The van der Waals surface area contributed by atoms with Crippen molar-refractivity contribution >= 4 is 17.0 Å². The number of H-pyrrole nitrogens is 1. The van der Waals surface area contributed by atoms with E-state index in [0.717, 1.165) is 30.5 Å². The molecule has 0 saturated carbocycles. The summed E-state index contributed by atoms with van der Waals surface area (Å²) >= 11 is 0. The minimum atomic E-state index is -0.0966. The van der Waals surface area contributed by atoms with Gasteiger partial charge >= 0.3 is 0 Å². The highest BCUT2D eigenvalue weighted by atomic mass is 16.1. The fraction of sp³-hybridized carbons (Fsp3) is 0.350. The molecule has 7 nitrogen and oxygen atoms in total. The lowest BCUT2D eigenvalue weighted by Gasteiger charge is -2.33. The first-order valence-corrected chi connectivity index (χ1v) is 9.15. The van der Waals surface area contributed by atoms with Crippen molar-refractivity contribution in [2.75, 3.05) is 18.0 Å². The van der Waals surface area contributed by atoms with Gasteiger partial charge in [-0.15, -0.1) is 0 Å². The molecule has 7 heteroatoms. The summed E-state index contributed by atoms with van der Waals surface area (Å²) in [6.07, 6.45) is 3.74. The van der Waals surface area contributed by atoms with Gasteiger partial charge in [0, 0.05) is 25.3 Å². The van der Waals surface area contributed by atoms with Crippen LogP contribution in [0.3, 0.4) is 0 Å². The third-order valence-electron chi connectivity index (χ3n) is 5.18. The van der Waals surface area contributed by atoms with Gasteiger partial charge in [-0.25, -0.2) is 0 Å². The van der Waals surface area contributed by atoms with Gasteiger partial charge in [0.1, 0.15) is 5.65 Å². The SMILES string of the molecule is Cc1c[nH]c2nc(N3CCC[C@@H](N)C3)n(Cc3ccccc3C#N)c(=O)c12. The van der Waals surface area contributed by atoms with Crippen molar-refractivity contribution < 1.29 is 0 Å². The Kier molecular flexibility index (Phi) is 4.42. The van der Waals surface area contributed by atoms with E-state index in [4.69, 9.17) is 10.7 Å². The first kappa shape index (κ1) is 17.3. The maximum Gasteiger partial charge on any atom is 0.264 e. The van der Waals surface area contributed by atoms with E-state index in [1.54, 1.807) is 16.8 Å². The molecule has 0 bridgehead atoms. The number of fused-ring (bicyclic) bond motifs is 1. The van der Waals surface area contributed by atoms with Crippen LogP contribution in [0.1, 0.15) is 29.5 Å². The van der Waals surface area contributed by atoms with E-state index in [9.17, 15) is 10.1 Å². The number of aromatic amines is 1. The third kappa shape index (κ3) is 3.09. The number of nitrogens with zero attached hydrogens (tertiary/aromatic N) is 4. The van der Waals surface area contributed by atoms with Gasteiger partial charge in [0.05, 0.1) is 23.6 Å². The van der Waals surface area contributed by atoms with Crippen molar-refractivity contribution in [3.8, 4) is 6.07 Å². The minimum Gasteiger partial charge on any atom is -0.346 e. The number of nitriles is 1. The zero-order chi connectivity index (χ0) is 19.0. The van der Waals surface area contributed by atoms with Gasteiger partial charge in [0.15, 0.2) is 0 Å².